The molecular formula is C10H17BO2. The van der Waals surface area contributed by atoms with Crippen molar-refractivity contribution in [2.24, 2.45) is 0 Å². The number of carbonyl (C=O) groups is 1. The smallest absolute Gasteiger partial charge is 0.330 e. The second-order valence-corrected chi connectivity index (χ2v) is 4.55. The van der Waals surface area contributed by atoms with E-state index in [1.807, 2.05) is 27.7 Å². The predicted molar refractivity (Wildman–Crippen MR) is 54.8 cm³/mol. The van der Waals surface area contributed by atoms with Crippen molar-refractivity contribution >= 4 is 13.8 Å². The zero-order chi connectivity index (χ0) is 10.7. The Morgan fingerprint density at radius 2 is 1.92 bits per heavy atom. The minimum absolute atomic E-state index is 0.342. The van der Waals surface area contributed by atoms with Crippen LogP contribution in [0.2, 0.25) is 5.31 Å². The summed E-state index contributed by atoms with van der Waals surface area (Å²) in [5, 5.41) is -0.342. The Kier molecular flexibility index (Phi) is 3.77. The third kappa shape index (κ3) is 6.44. The summed E-state index contributed by atoms with van der Waals surface area (Å²) >= 11 is 0. The van der Waals surface area contributed by atoms with Crippen molar-refractivity contribution in [1.29, 1.82) is 0 Å². The van der Waals surface area contributed by atoms with Gasteiger partial charge >= 0.3 is 5.97 Å². The van der Waals surface area contributed by atoms with Gasteiger partial charge in [0, 0.05) is 6.08 Å². The monoisotopic (exact) mass is 180 g/mol. The number of hydrogen-bond acceptors (Lipinski definition) is 2. The van der Waals surface area contributed by atoms with Gasteiger partial charge in [0.15, 0.2) is 0 Å². The maximum atomic E-state index is 10.9. The molecule has 0 rings (SSSR count). The van der Waals surface area contributed by atoms with Crippen molar-refractivity contribution in [3.05, 3.63) is 12.7 Å². The maximum Gasteiger partial charge on any atom is 0.330 e. The van der Waals surface area contributed by atoms with Gasteiger partial charge in [0.25, 0.3) is 0 Å². The third-order valence-electron chi connectivity index (χ3n) is 1.42. The van der Waals surface area contributed by atoms with E-state index in [-0.39, 0.29) is 5.31 Å². The number of hydrogen-bond donors (Lipinski definition) is 0. The Morgan fingerprint density at radius 3 is 2.23 bits per heavy atom. The zero-order valence-electron chi connectivity index (χ0n) is 8.89. The molecule has 0 N–H and O–H groups in total. The molecule has 3 heteroatoms. The molecule has 0 saturated heterocycles. The molecule has 0 aromatic rings. The van der Waals surface area contributed by atoms with Crippen LogP contribution in [0.4, 0.5) is 0 Å². The summed E-state index contributed by atoms with van der Waals surface area (Å²) in [6.45, 7) is 10.8. The summed E-state index contributed by atoms with van der Waals surface area (Å²) < 4.78 is 5.13. The van der Waals surface area contributed by atoms with E-state index in [0.717, 1.165) is 6.08 Å². The maximum absolute atomic E-state index is 10.9. The Bertz CT molecular complexity index is 201. The van der Waals surface area contributed by atoms with Crippen molar-refractivity contribution in [2.75, 3.05) is 0 Å². The van der Waals surface area contributed by atoms with Crippen LogP contribution in [-0.2, 0) is 9.53 Å². The Labute approximate surface area is 81.8 Å². The van der Waals surface area contributed by atoms with Gasteiger partial charge in [0.2, 0.25) is 0 Å². The van der Waals surface area contributed by atoms with E-state index in [0.29, 0.717) is 6.42 Å². The summed E-state index contributed by atoms with van der Waals surface area (Å²) in [6, 6.07) is 0. The summed E-state index contributed by atoms with van der Waals surface area (Å²) in [5.74, 6) is -0.408. The van der Waals surface area contributed by atoms with Crippen molar-refractivity contribution in [3.63, 3.8) is 0 Å². The van der Waals surface area contributed by atoms with Crippen LogP contribution >= 0.6 is 0 Å². The molecule has 0 saturated carbocycles. The van der Waals surface area contributed by atoms with Gasteiger partial charge < -0.3 is 4.74 Å². The third-order valence-corrected chi connectivity index (χ3v) is 1.42. The van der Waals surface area contributed by atoms with Gasteiger partial charge in [0.1, 0.15) is 5.60 Å². The molecule has 0 aliphatic rings. The average molecular weight is 180 g/mol. The molecule has 72 valence electrons. The van der Waals surface area contributed by atoms with E-state index >= 15 is 0 Å². The van der Waals surface area contributed by atoms with Crippen molar-refractivity contribution in [2.45, 2.75) is 45.0 Å². The largest absolute Gasteiger partial charge is 0.457 e. The van der Waals surface area contributed by atoms with Crippen LogP contribution in [0.5, 0.6) is 0 Å². The van der Waals surface area contributed by atoms with Crippen molar-refractivity contribution in [1.82, 2.24) is 0 Å². The highest BCUT2D eigenvalue weighted by Crippen LogP contribution is 2.32. The second-order valence-electron chi connectivity index (χ2n) is 4.55. The van der Waals surface area contributed by atoms with Crippen LogP contribution in [0.25, 0.3) is 0 Å². The van der Waals surface area contributed by atoms with E-state index in [1.165, 1.54) is 0 Å². The first-order valence-electron chi connectivity index (χ1n) is 4.31. The Morgan fingerprint density at radius 1 is 1.46 bits per heavy atom. The highest BCUT2D eigenvalue weighted by molar-refractivity contribution is 6.14. The molecule has 0 aliphatic heterocycles. The van der Waals surface area contributed by atoms with Gasteiger partial charge in [0.05, 0.1) is 7.85 Å². The normalized spacial score (nSPS) is 12.3. The minimum Gasteiger partial charge on any atom is -0.457 e. The topological polar surface area (TPSA) is 26.3 Å². The number of ether oxygens (including phenoxy) is 1. The van der Waals surface area contributed by atoms with Gasteiger partial charge in [-0.1, -0.05) is 25.7 Å². The van der Waals surface area contributed by atoms with E-state index in [2.05, 4.69) is 6.58 Å². The molecule has 0 aromatic carbocycles. The zero-order valence-corrected chi connectivity index (χ0v) is 8.89. The Balaban J connectivity index is 4.24. The van der Waals surface area contributed by atoms with Crippen LogP contribution < -0.4 is 0 Å². The molecule has 2 radical (unpaired) electrons. The van der Waals surface area contributed by atoms with E-state index in [4.69, 9.17) is 12.6 Å². The molecule has 0 atom stereocenters. The Hall–Kier alpha value is -0.725. The minimum atomic E-state index is -0.538. The number of esters is 1. The molecule has 0 fully saturated rings. The molecule has 2 nitrogen and oxygen atoms in total. The van der Waals surface area contributed by atoms with Gasteiger partial charge in [-0.2, -0.15) is 0 Å². The van der Waals surface area contributed by atoms with Gasteiger partial charge in [-0.3, -0.25) is 0 Å². The highest BCUT2D eigenvalue weighted by atomic mass is 16.6. The van der Waals surface area contributed by atoms with Crippen LogP contribution in [0, 0.1) is 0 Å². The molecule has 0 aromatic heterocycles. The molecule has 0 aliphatic carbocycles. The summed E-state index contributed by atoms with van der Waals surface area (Å²) in [6.07, 6.45) is 1.77. The van der Waals surface area contributed by atoms with Crippen LogP contribution in [-0.4, -0.2) is 19.4 Å². The lowest BCUT2D eigenvalue weighted by Gasteiger charge is -2.32. The first-order chi connectivity index (χ1) is 5.66. The average Bonchev–Trinajstić information content (AvgIpc) is 1.80. The molecule has 0 heterocycles. The van der Waals surface area contributed by atoms with Crippen molar-refractivity contribution < 1.29 is 9.53 Å². The van der Waals surface area contributed by atoms with Crippen LogP contribution in [0.3, 0.4) is 0 Å². The van der Waals surface area contributed by atoms with E-state index in [1.54, 1.807) is 0 Å². The van der Waals surface area contributed by atoms with E-state index < -0.39 is 11.6 Å². The fourth-order valence-electron chi connectivity index (χ4n) is 1.45. The lowest BCUT2D eigenvalue weighted by molar-refractivity contribution is -0.151. The quantitative estimate of drug-likeness (QED) is 0.376. The fourth-order valence-corrected chi connectivity index (χ4v) is 1.45. The fraction of sp³-hybridized carbons (Fsp3) is 0.700. The lowest BCUT2D eigenvalue weighted by atomic mass is 9.66. The molecular weight excluding hydrogens is 163 g/mol. The lowest BCUT2D eigenvalue weighted by Crippen LogP contribution is -2.31. The highest BCUT2D eigenvalue weighted by Gasteiger charge is 2.27. The first-order valence-corrected chi connectivity index (χ1v) is 4.31. The molecule has 13 heavy (non-hydrogen) atoms. The SMILES string of the molecule is [B]C(C)(C)CC(C)(C)OC(=O)C=C. The van der Waals surface area contributed by atoms with Gasteiger partial charge in [-0.05, 0) is 20.3 Å². The number of carbonyl (C=O) groups excluding carboxylic acids is 1. The van der Waals surface area contributed by atoms with Crippen molar-refractivity contribution in [3.8, 4) is 0 Å². The number of rotatable bonds is 4. The van der Waals surface area contributed by atoms with Gasteiger partial charge in [-0.15, -0.1) is 0 Å². The summed E-state index contributed by atoms with van der Waals surface area (Å²) in [5.41, 5.74) is -0.538. The molecule has 0 bridgehead atoms. The summed E-state index contributed by atoms with van der Waals surface area (Å²) in [4.78, 5) is 10.9. The molecule has 0 unspecified atom stereocenters. The molecule has 0 spiro atoms. The van der Waals surface area contributed by atoms with E-state index in [9.17, 15) is 4.79 Å². The molecule has 0 amide bonds. The summed E-state index contributed by atoms with van der Waals surface area (Å²) in [7, 11) is 5.82. The standard InChI is InChI=1S/C10H17BO2/c1-6-8(12)13-10(4,5)7-9(2,3)11/h6H,1,7H2,2-5H3. The second kappa shape index (κ2) is 3.99. The van der Waals surface area contributed by atoms with Gasteiger partial charge in [-0.25, -0.2) is 4.79 Å². The predicted octanol–water partition coefficient (Wildman–Crippen LogP) is 2.25. The van der Waals surface area contributed by atoms with Crippen LogP contribution in [0.1, 0.15) is 34.1 Å². The van der Waals surface area contributed by atoms with Crippen LogP contribution in [0.15, 0.2) is 12.7 Å². The first kappa shape index (κ1) is 12.3.